The molecule has 23 heavy (non-hydrogen) atoms. The Bertz CT molecular complexity index is 746. The number of carbonyl (C=O) groups is 2. The lowest BCUT2D eigenvalue weighted by Crippen LogP contribution is -2.44. The first-order valence-corrected chi connectivity index (χ1v) is 7.48. The van der Waals surface area contributed by atoms with Crippen molar-refractivity contribution in [3.05, 3.63) is 53.1 Å². The summed E-state index contributed by atoms with van der Waals surface area (Å²) in [5.74, 6) is -0.331. The lowest BCUT2D eigenvalue weighted by molar-refractivity contribution is -0.117. The summed E-state index contributed by atoms with van der Waals surface area (Å²) in [6.07, 6.45) is 0. The van der Waals surface area contributed by atoms with Gasteiger partial charge in [-0.1, -0.05) is 29.8 Å². The molecule has 0 saturated carbocycles. The summed E-state index contributed by atoms with van der Waals surface area (Å²) in [6, 6.07) is 11.8. The summed E-state index contributed by atoms with van der Waals surface area (Å²) in [6.45, 7) is 3.46. The average Bonchev–Trinajstić information content (AvgIpc) is 2.48. The van der Waals surface area contributed by atoms with Crippen LogP contribution in [0, 0.1) is 6.92 Å². The topological polar surface area (TPSA) is 84.2 Å². The van der Waals surface area contributed by atoms with Gasteiger partial charge in [0.05, 0.1) is 0 Å². The van der Waals surface area contributed by atoms with Gasteiger partial charge in [-0.25, -0.2) is 4.79 Å². The van der Waals surface area contributed by atoms with Crippen LogP contribution in [-0.4, -0.2) is 18.0 Å². The van der Waals surface area contributed by atoms with Crippen LogP contribution < -0.4 is 16.4 Å². The lowest BCUT2D eigenvalue weighted by atomic mass is 10.0. The molecule has 120 valence electrons. The molecule has 0 fully saturated rings. The highest BCUT2D eigenvalue weighted by Crippen LogP contribution is 2.26. The highest BCUT2D eigenvalue weighted by molar-refractivity contribution is 6.30. The molecule has 3 amide bonds. The van der Waals surface area contributed by atoms with Crippen molar-refractivity contribution in [3.63, 3.8) is 0 Å². The lowest BCUT2D eigenvalue weighted by Gasteiger charge is -2.15. The minimum Gasteiger partial charge on any atom is -0.352 e. The number of nitrogens with one attached hydrogen (secondary N) is 2. The Labute approximate surface area is 139 Å². The van der Waals surface area contributed by atoms with E-state index in [9.17, 15) is 9.59 Å². The van der Waals surface area contributed by atoms with Crippen LogP contribution in [0.3, 0.4) is 0 Å². The van der Waals surface area contributed by atoms with E-state index in [2.05, 4.69) is 10.6 Å². The summed E-state index contributed by atoms with van der Waals surface area (Å²) in [5.41, 5.74) is 8.60. The van der Waals surface area contributed by atoms with Gasteiger partial charge in [-0.15, -0.1) is 0 Å². The fraction of sp³-hybridized carbons (Fsp3) is 0.176. The van der Waals surface area contributed by atoms with E-state index in [0.717, 1.165) is 16.7 Å². The molecule has 0 aromatic heterocycles. The van der Waals surface area contributed by atoms with Gasteiger partial charge in [-0.3, -0.25) is 4.79 Å². The Balaban J connectivity index is 2.17. The van der Waals surface area contributed by atoms with Crippen molar-refractivity contribution in [1.82, 2.24) is 5.32 Å². The van der Waals surface area contributed by atoms with Crippen LogP contribution in [0.1, 0.15) is 12.5 Å². The molecule has 0 saturated heterocycles. The predicted molar refractivity (Wildman–Crippen MR) is 92.4 cm³/mol. The molecule has 6 heteroatoms. The van der Waals surface area contributed by atoms with Gasteiger partial charge in [0.2, 0.25) is 5.91 Å². The SMILES string of the molecule is Cc1cc(-c2cccc(Cl)c2)ccc1NC(=O)[C@@H](C)NC(N)=O. The molecule has 0 aliphatic carbocycles. The van der Waals surface area contributed by atoms with Gasteiger partial charge in [0.25, 0.3) is 0 Å². The largest absolute Gasteiger partial charge is 0.352 e. The summed E-state index contributed by atoms with van der Waals surface area (Å²) < 4.78 is 0. The first kappa shape index (κ1) is 16.8. The second-order valence-electron chi connectivity index (χ2n) is 5.26. The quantitative estimate of drug-likeness (QED) is 0.803. The number of aryl methyl sites for hydroxylation is 1. The molecular formula is C17H18ClN3O2. The maximum atomic E-state index is 12.0. The number of amides is 3. The summed E-state index contributed by atoms with van der Waals surface area (Å²) in [7, 11) is 0. The van der Waals surface area contributed by atoms with Crippen LogP contribution in [0.15, 0.2) is 42.5 Å². The number of rotatable bonds is 4. The number of hydrogen-bond donors (Lipinski definition) is 3. The standard InChI is InChI=1S/C17H18ClN3O2/c1-10-8-13(12-4-3-5-14(18)9-12)6-7-15(10)21-16(22)11(2)20-17(19)23/h3-9,11H,1-2H3,(H,21,22)(H3,19,20,23)/t11-/m1/s1. The van der Waals surface area contributed by atoms with Gasteiger partial charge in [0.1, 0.15) is 6.04 Å². The smallest absolute Gasteiger partial charge is 0.312 e. The number of hydrogen-bond acceptors (Lipinski definition) is 2. The predicted octanol–water partition coefficient (Wildman–Crippen LogP) is 3.31. The van der Waals surface area contributed by atoms with E-state index in [1.165, 1.54) is 0 Å². The molecule has 1 atom stereocenters. The molecule has 0 heterocycles. The third-order valence-electron chi connectivity index (χ3n) is 3.39. The summed E-state index contributed by atoms with van der Waals surface area (Å²) in [5, 5.41) is 5.78. The van der Waals surface area contributed by atoms with Crippen molar-refractivity contribution in [2.75, 3.05) is 5.32 Å². The number of anilines is 1. The van der Waals surface area contributed by atoms with Crippen LogP contribution in [0.4, 0.5) is 10.5 Å². The van der Waals surface area contributed by atoms with E-state index in [4.69, 9.17) is 17.3 Å². The number of nitrogens with two attached hydrogens (primary N) is 1. The zero-order valence-electron chi connectivity index (χ0n) is 12.9. The summed E-state index contributed by atoms with van der Waals surface area (Å²) in [4.78, 5) is 22.8. The monoisotopic (exact) mass is 331 g/mol. The molecule has 0 bridgehead atoms. The Morgan fingerprint density at radius 2 is 1.83 bits per heavy atom. The fourth-order valence-electron chi connectivity index (χ4n) is 2.17. The van der Waals surface area contributed by atoms with Crippen molar-refractivity contribution < 1.29 is 9.59 Å². The van der Waals surface area contributed by atoms with Crippen LogP contribution in [0.5, 0.6) is 0 Å². The maximum absolute atomic E-state index is 12.0. The van der Waals surface area contributed by atoms with Crippen LogP contribution >= 0.6 is 11.6 Å². The first-order chi connectivity index (χ1) is 10.9. The van der Waals surface area contributed by atoms with Crippen LogP contribution in [0.2, 0.25) is 5.02 Å². The highest BCUT2D eigenvalue weighted by atomic mass is 35.5. The van der Waals surface area contributed by atoms with Crippen molar-refractivity contribution in [3.8, 4) is 11.1 Å². The molecule has 0 spiro atoms. The van der Waals surface area contributed by atoms with Crippen molar-refractivity contribution >= 4 is 29.2 Å². The van der Waals surface area contributed by atoms with Gasteiger partial charge >= 0.3 is 6.03 Å². The number of halogens is 1. The van der Waals surface area contributed by atoms with Gasteiger partial charge in [-0.05, 0) is 54.8 Å². The van der Waals surface area contributed by atoms with Gasteiger partial charge in [-0.2, -0.15) is 0 Å². The molecule has 5 nitrogen and oxygen atoms in total. The van der Waals surface area contributed by atoms with E-state index in [-0.39, 0.29) is 5.91 Å². The Kier molecular flexibility index (Phi) is 5.24. The van der Waals surface area contributed by atoms with Gasteiger partial charge in [0, 0.05) is 10.7 Å². The molecule has 4 N–H and O–H groups in total. The zero-order chi connectivity index (χ0) is 17.0. The van der Waals surface area contributed by atoms with Crippen molar-refractivity contribution in [2.45, 2.75) is 19.9 Å². The van der Waals surface area contributed by atoms with Crippen LogP contribution in [0.25, 0.3) is 11.1 Å². The van der Waals surface area contributed by atoms with Gasteiger partial charge in [0.15, 0.2) is 0 Å². The van der Waals surface area contributed by atoms with E-state index in [1.807, 2.05) is 49.4 Å². The minimum absolute atomic E-state index is 0.331. The molecule has 2 rings (SSSR count). The van der Waals surface area contributed by atoms with E-state index in [0.29, 0.717) is 10.7 Å². The average molecular weight is 332 g/mol. The summed E-state index contributed by atoms with van der Waals surface area (Å²) >= 11 is 6.01. The number of primary amides is 1. The molecule has 0 aliphatic rings. The van der Waals surface area contributed by atoms with E-state index >= 15 is 0 Å². The second-order valence-corrected chi connectivity index (χ2v) is 5.70. The molecular weight excluding hydrogens is 314 g/mol. The molecule has 2 aromatic carbocycles. The highest BCUT2D eigenvalue weighted by Gasteiger charge is 2.15. The van der Waals surface area contributed by atoms with Gasteiger partial charge < -0.3 is 16.4 Å². The van der Waals surface area contributed by atoms with Crippen molar-refractivity contribution in [1.29, 1.82) is 0 Å². The molecule has 0 radical (unpaired) electrons. The van der Waals surface area contributed by atoms with E-state index < -0.39 is 12.1 Å². The molecule has 2 aromatic rings. The second kappa shape index (κ2) is 7.15. The van der Waals surface area contributed by atoms with Crippen LogP contribution in [-0.2, 0) is 4.79 Å². The maximum Gasteiger partial charge on any atom is 0.312 e. The third-order valence-corrected chi connectivity index (χ3v) is 3.63. The molecule has 0 aliphatic heterocycles. The van der Waals surface area contributed by atoms with E-state index in [1.54, 1.807) is 6.92 Å². The number of carbonyl (C=O) groups excluding carboxylic acids is 2. The number of benzene rings is 2. The Morgan fingerprint density at radius 3 is 2.43 bits per heavy atom. The third kappa shape index (κ3) is 4.47. The Morgan fingerprint density at radius 1 is 1.13 bits per heavy atom. The van der Waals surface area contributed by atoms with Crippen molar-refractivity contribution in [2.24, 2.45) is 5.73 Å². The Hall–Kier alpha value is -2.53. The molecule has 0 unspecified atom stereocenters. The zero-order valence-corrected chi connectivity index (χ0v) is 13.6. The normalized spacial score (nSPS) is 11.6. The first-order valence-electron chi connectivity index (χ1n) is 7.10. The number of urea groups is 1. The minimum atomic E-state index is -0.735. The fourth-order valence-corrected chi connectivity index (χ4v) is 2.36.